The van der Waals surface area contributed by atoms with Gasteiger partial charge in [-0.1, -0.05) is 36.4 Å². The van der Waals surface area contributed by atoms with E-state index in [2.05, 4.69) is 10.2 Å². The van der Waals surface area contributed by atoms with E-state index in [0.717, 1.165) is 57.1 Å². The minimum Gasteiger partial charge on any atom is -0.492 e. The van der Waals surface area contributed by atoms with Crippen LogP contribution in [0.5, 0.6) is 11.5 Å². The fourth-order valence-corrected chi connectivity index (χ4v) is 4.24. The van der Waals surface area contributed by atoms with Crippen molar-refractivity contribution in [2.24, 2.45) is 0 Å². The summed E-state index contributed by atoms with van der Waals surface area (Å²) in [5, 5.41) is 3.69. The highest BCUT2D eigenvalue weighted by molar-refractivity contribution is 5.77. The Morgan fingerprint density at radius 3 is 2.17 bits per heavy atom. The Balaban J connectivity index is 1.24. The Hall–Kier alpha value is -2.57. The monoisotopic (exact) mass is 395 g/mol. The molecule has 2 aliphatic rings. The van der Waals surface area contributed by atoms with E-state index in [1.807, 2.05) is 65.6 Å². The van der Waals surface area contributed by atoms with Crippen LogP contribution in [0.2, 0.25) is 0 Å². The molecule has 1 spiro atoms. The van der Waals surface area contributed by atoms with Crippen molar-refractivity contribution in [3.05, 3.63) is 60.7 Å². The summed E-state index contributed by atoms with van der Waals surface area (Å²) in [4.78, 5) is 16.9. The third kappa shape index (κ3) is 4.89. The summed E-state index contributed by atoms with van der Waals surface area (Å²) in [5.41, 5.74) is -0.0168. The van der Waals surface area contributed by atoms with Crippen molar-refractivity contribution >= 4 is 5.91 Å². The fourth-order valence-electron chi connectivity index (χ4n) is 4.24. The van der Waals surface area contributed by atoms with E-state index < -0.39 is 0 Å². The zero-order valence-electron chi connectivity index (χ0n) is 16.8. The van der Waals surface area contributed by atoms with Crippen molar-refractivity contribution in [1.29, 1.82) is 0 Å². The molecule has 2 saturated heterocycles. The van der Waals surface area contributed by atoms with Gasteiger partial charge in [0.15, 0.2) is 6.61 Å². The average Bonchev–Trinajstić information content (AvgIpc) is 3.16. The van der Waals surface area contributed by atoms with Gasteiger partial charge in [-0.3, -0.25) is 15.0 Å². The van der Waals surface area contributed by atoms with E-state index >= 15 is 0 Å². The van der Waals surface area contributed by atoms with E-state index in [4.69, 9.17) is 9.47 Å². The van der Waals surface area contributed by atoms with Crippen LogP contribution in [0.3, 0.4) is 0 Å². The molecule has 2 aliphatic heterocycles. The molecule has 0 bridgehead atoms. The Kier molecular flexibility index (Phi) is 6.32. The number of benzene rings is 2. The summed E-state index contributed by atoms with van der Waals surface area (Å²) >= 11 is 0. The van der Waals surface area contributed by atoms with Crippen LogP contribution in [0.25, 0.3) is 0 Å². The van der Waals surface area contributed by atoms with Gasteiger partial charge in [-0.2, -0.15) is 0 Å². The molecular weight excluding hydrogens is 366 g/mol. The number of piperidine rings is 1. The zero-order chi connectivity index (χ0) is 19.9. The molecule has 0 aromatic heterocycles. The number of nitrogens with zero attached hydrogens (tertiary/aromatic N) is 2. The number of carbonyl (C=O) groups excluding carboxylic acids is 1. The van der Waals surface area contributed by atoms with Crippen LogP contribution >= 0.6 is 0 Å². The first-order valence-corrected chi connectivity index (χ1v) is 10.4. The van der Waals surface area contributed by atoms with E-state index in [1.54, 1.807) is 0 Å². The zero-order valence-corrected chi connectivity index (χ0v) is 16.8. The van der Waals surface area contributed by atoms with Gasteiger partial charge in [-0.25, -0.2) is 0 Å². The van der Waals surface area contributed by atoms with Crippen molar-refractivity contribution in [2.75, 3.05) is 45.9 Å². The number of hydrogen-bond donors (Lipinski definition) is 1. The third-order valence-corrected chi connectivity index (χ3v) is 5.86. The summed E-state index contributed by atoms with van der Waals surface area (Å²) in [7, 11) is 0. The quantitative estimate of drug-likeness (QED) is 0.780. The molecule has 1 amide bonds. The predicted octanol–water partition coefficient (Wildman–Crippen LogP) is 2.37. The standard InChI is InChI=1S/C23H29N3O3/c27-22(19-29-21-9-5-2-6-10-21)25-14-11-23(12-15-25)24-13-16-26(23)17-18-28-20-7-3-1-4-8-20/h1-10,24H,11-19H2. The molecule has 29 heavy (non-hydrogen) atoms. The number of rotatable bonds is 7. The summed E-state index contributed by atoms with van der Waals surface area (Å²) in [6.07, 6.45) is 1.85. The van der Waals surface area contributed by atoms with Gasteiger partial charge in [0, 0.05) is 32.7 Å². The molecule has 1 N–H and O–H groups in total. The topological polar surface area (TPSA) is 54.0 Å². The predicted molar refractivity (Wildman–Crippen MR) is 112 cm³/mol. The first-order chi connectivity index (χ1) is 14.3. The van der Waals surface area contributed by atoms with Gasteiger partial charge in [-0.15, -0.1) is 0 Å². The van der Waals surface area contributed by atoms with Gasteiger partial charge in [-0.05, 0) is 37.1 Å². The fraction of sp³-hybridized carbons (Fsp3) is 0.435. The smallest absolute Gasteiger partial charge is 0.260 e. The van der Waals surface area contributed by atoms with Crippen molar-refractivity contribution in [1.82, 2.24) is 15.1 Å². The lowest BCUT2D eigenvalue weighted by Crippen LogP contribution is -2.59. The van der Waals surface area contributed by atoms with E-state index in [0.29, 0.717) is 6.61 Å². The minimum absolute atomic E-state index is 0.0168. The molecule has 6 nitrogen and oxygen atoms in total. The maximum Gasteiger partial charge on any atom is 0.260 e. The van der Waals surface area contributed by atoms with E-state index in [9.17, 15) is 4.79 Å². The molecule has 0 aliphatic carbocycles. The molecule has 0 saturated carbocycles. The molecular formula is C23H29N3O3. The number of para-hydroxylation sites is 2. The molecule has 0 unspecified atom stereocenters. The van der Waals surface area contributed by atoms with E-state index in [-0.39, 0.29) is 18.2 Å². The molecule has 2 aromatic rings. The van der Waals surface area contributed by atoms with Crippen LogP contribution in [0.15, 0.2) is 60.7 Å². The first-order valence-electron chi connectivity index (χ1n) is 10.4. The number of likely N-dealkylation sites (tertiary alicyclic amines) is 1. The number of hydrogen-bond acceptors (Lipinski definition) is 5. The third-order valence-electron chi connectivity index (χ3n) is 5.86. The highest BCUT2D eigenvalue weighted by atomic mass is 16.5. The molecule has 154 valence electrons. The lowest BCUT2D eigenvalue weighted by atomic mass is 9.96. The van der Waals surface area contributed by atoms with Gasteiger partial charge < -0.3 is 14.4 Å². The van der Waals surface area contributed by atoms with Crippen molar-refractivity contribution in [2.45, 2.75) is 18.5 Å². The van der Waals surface area contributed by atoms with Crippen LogP contribution in [0.4, 0.5) is 0 Å². The van der Waals surface area contributed by atoms with Gasteiger partial charge in [0.25, 0.3) is 5.91 Å². The second-order valence-electron chi connectivity index (χ2n) is 7.59. The van der Waals surface area contributed by atoms with Crippen LogP contribution in [-0.4, -0.2) is 67.3 Å². The second-order valence-corrected chi connectivity index (χ2v) is 7.59. The SMILES string of the molecule is O=C(COc1ccccc1)N1CCC2(CC1)NCCN2CCOc1ccccc1. The highest BCUT2D eigenvalue weighted by Gasteiger charge is 2.43. The summed E-state index contributed by atoms with van der Waals surface area (Å²) in [6.45, 7) is 5.15. The lowest BCUT2D eigenvalue weighted by Gasteiger charge is -2.44. The normalized spacial score (nSPS) is 18.7. The van der Waals surface area contributed by atoms with Crippen molar-refractivity contribution in [3.63, 3.8) is 0 Å². The van der Waals surface area contributed by atoms with Crippen LogP contribution in [0.1, 0.15) is 12.8 Å². The van der Waals surface area contributed by atoms with Crippen molar-refractivity contribution in [3.8, 4) is 11.5 Å². The Labute approximate surface area is 172 Å². The van der Waals surface area contributed by atoms with Crippen LogP contribution in [-0.2, 0) is 4.79 Å². The number of carbonyl (C=O) groups is 1. The number of nitrogens with one attached hydrogen (secondary N) is 1. The largest absolute Gasteiger partial charge is 0.492 e. The van der Waals surface area contributed by atoms with Crippen molar-refractivity contribution < 1.29 is 14.3 Å². The summed E-state index contributed by atoms with van der Waals surface area (Å²) < 4.78 is 11.5. The Morgan fingerprint density at radius 2 is 1.52 bits per heavy atom. The summed E-state index contributed by atoms with van der Waals surface area (Å²) in [6, 6.07) is 19.4. The molecule has 2 fully saturated rings. The van der Waals surface area contributed by atoms with Crippen LogP contribution < -0.4 is 14.8 Å². The van der Waals surface area contributed by atoms with Crippen LogP contribution in [0, 0.1) is 0 Å². The Morgan fingerprint density at radius 1 is 0.897 bits per heavy atom. The maximum absolute atomic E-state index is 12.5. The van der Waals surface area contributed by atoms with Gasteiger partial charge in [0.1, 0.15) is 18.1 Å². The minimum atomic E-state index is -0.0168. The molecule has 6 heteroatoms. The number of ether oxygens (including phenoxy) is 2. The molecule has 2 aromatic carbocycles. The molecule has 4 rings (SSSR count). The first kappa shape index (κ1) is 19.7. The average molecular weight is 396 g/mol. The van der Waals surface area contributed by atoms with Gasteiger partial charge in [0.05, 0.1) is 5.66 Å². The second kappa shape index (κ2) is 9.29. The molecule has 0 atom stereocenters. The molecule has 2 heterocycles. The highest BCUT2D eigenvalue weighted by Crippen LogP contribution is 2.29. The Bertz CT molecular complexity index is 776. The van der Waals surface area contributed by atoms with Gasteiger partial charge in [0.2, 0.25) is 0 Å². The summed E-state index contributed by atoms with van der Waals surface area (Å²) in [5.74, 6) is 1.70. The van der Waals surface area contributed by atoms with Gasteiger partial charge >= 0.3 is 0 Å². The molecule has 0 radical (unpaired) electrons. The van der Waals surface area contributed by atoms with E-state index in [1.165, 1.54) is 0 Å². The maximum atomic E-state index is 12.5. The number of amides is 1. The lowest BCUT2D eigenvalue weighted by molar-refractivity contribution is -0.136.